The number of halogens is 1. The Morgan fingerprint density at radius 2 is 0.947 bits per heavy atom. The van der Waals surface area contributed by atoms with Gasteiger partial charge < -0.3 is 0 Å². The Kier molecular flexibility index (Phi) is 9.69. The van der Waals surface area contributed by atoms with Gasteiger partial charge in [-0.1, -0.05) is 13.3 Å². The predicted molar refractivity (Wildman–Crippen MR) is 179 cm³/mol. The third kappa shape index (κ3) is 5.95. The van der Waals surface area contributed by atoms with Crippen molar-refractivity contribution in [2.24, 2.45) is 23.7 Å². The van der Waals surface area contributed by atoms with Gasteiger partial charge in [-0.3, -0.25) is 0 Å². The zero-order chi connectivity index (χ0) is 26.3. The van der Waals surface area contributed by atoms with E-state index in [0.717, 1.165) is 23.7 Å². The van der Waals surface area contributed by atoms with Crippen LogP contribution in [0, 0.1) is 23.7 Å². The molecule has 38 heavy (non-hydrogen) atoms. The molecule has 0 spiro atoms. The Labute approximate surface area is 245 Å². The van der Waals surface area contributed by atoms with Crippen molar-refractivity contribution >= 4 is 42.2 Å². The molecule has 3 aromatic rings. The minimum atomic E-state index is -2.65. The topological polar surface area (TPSA) is 0 Å². The second-order valence-corrected chi connectivity index (χ2v) is 23.1. The molecule has 2 heteroatoms. The zero-order valence-corrected chi connectivity index (χ0v) is 26.5. The molecule has 3 aromatic carbocycles. The van der Waals surface area contributed by atoms with Crippen molar-refractivity contribution in [2.75, 3.05) is 6.16 Å². The Morgan fingerprint density at radius 3 is 1.34 bits per heavy atom. The van der Waals surface area contributed by atoms with Gasteiger partial charge in [-0.2, -0.15) is 0 Å². The average molecular weight is 639 g/mol. The molecule has 0 radical (unpaired) electrons. The van der Waals surface area contributed by atoms with Gasteiger partial charge in [-0.15, -0.1) is 0 Å². The van der Waals surface area contributed by atoms with Crippen LogP contribution in [0.3, 0.4) is 0 Å². The minimum absolute atomic E-state index is 0.798. The van der Waals surface area contributed by atoms with Gasteiger partial charge in [0.2, 0.25) is 0 Å². The first-order valence-electron chi connectivity index (χ1n) is 15.5. The van der Waals surface area contributed by atoms with Gasteiger partial charge in [0.1, 0.15) is 0 Å². The Bertz CT molecular complexity index is 996. The first kappa shape index (κ1) is 28.4. The molecule has 0 N–H and O–H groups in total. The fourth-order valence-corrected chi connectivity index (χ4v) is 17.7. The van der Waals surface area contributed by atoms with Crippen LogP contribution in [0.2, 0.25) is 0 Å². The van der Waals surface area contributed by atoms with E-state index in [2.05, 4.69) is 120 Å². The summed E-state index contributed by atoms with van der Waals surface area (Å²) in [6.45, 7) is 2.33. The number of benzene rings is 3. The normalized spacial score (nSPS) is 25.4. The van der Waals surface area contributed by atoms with Crippen molar-refractivity contribution in [3.8, 4) is 0 Å². The van der Waals surface area contributed by atoms with Crippen molar-refractivity contribution in [1.82, 2.24) is 0 Å². The fraction of sp³-hybridized carbons (Fsp3) is 0.500. The van der Waals surface area contributed by atoms with Crippen molar-refractivity contribution in [3.63, 3.8) is 0 Å². The third-order valence-corrected chi connectivity index (χ3v) is 21.7. The van der Waals surface area contributed by atoms with Gasteiger partial charge in [-0.25, -0.2) is 0 Å². The summed E-state index contributed by atoms with van der Waals surface area (Å²) >= 11 is 3.00. The Morgan fingerprint density at radius 1 is 0.553 bits per heavy atom. The van der Waals surface area contributed by atoms with E-state index in [9.17, 15) is 0 Å². The number of hydrogen-bond donors (Lipinski definition) is 0. The molecule has 2 aliphatic rings. The predicted octanol–water partition coefficient (Wildman–Crippen LogP) is 10.1. The molecule has 0 amide bonds. The molecule has 204 valence electrons. The van der Waals surface area contributed by atoms with E-state index >= 15 is 0 Å². The summed E-state index contributed by atoms with van der Waals surface area (Å²) in [6, 6.07) is 34.7. The quantitative estimate of drug-likeness (QED) is 0.118. The number of unbranched alkanes of at least 4 members (excludes halogenated alkanes) is 2. The molecule has 2 aliphatic carbocycles. The maximum atomic E-state index is 3.00. The van der Waals surface area contributed by atoms with E-state index in [0.29, 0.717) is 0 Å². The van der Waals surface area contributed by atoms with E-state index < -0.39 is 4.25 Å². The monoisotopic (exact) mass is 638 g/mol. The van der Waals surface area contributed by atoms with Crippen molar-refractivity contribution < 1.29 is 0 Å². The van der Waals surface area contributed by atoms with Gasteiger partial charge in [0, 0.05) is 0 Å². The molecule has 0 aliphatic heterocycles. The summed E-state index contributed by atoms with van der Waals surface area (Å²) < 4.78 is -2.65. The molecule has 0 saturated heterocycles. The van der Waals surface area contributed by atoms with E-state index in [1.165, 1.54) is 83.2 Å². The van der Waals surface area contributed by atoms with Crippen LogP contribution in [0.4, 0.5) is 0 Å². The number of rotatable bonds is 10. The molecule has 0 aromatic heterocycles. The third-order valence-electron chi connectivity index (χ3n) is 10.2. The summed E-state index contributed by atoms with van der Waals surface area (Å²) in [5.41, 5.74) is 0. The van der Waals surface area contributed by atoms with Crippen molar-refractivity contribution in [1.29, 1.82) is 0 Å². The number of hydrogen-bond acceptors (Lipinski definition) is 0. The van der Waals surface area contributed by atoms with Crippen molar-refractivity contribution in [3.05, 3.63) is 91.0 Å². The van der Waals surface area contributed by atoms with Crippen LogP contribution < -0.4 is 15.9 Å². The van der Waals surface area contributed by atoms with Gasteiger partial charge in [-0.05, 0) is 0 Å². The van der Waals surface area contributed by atoms with E-state index in [4.69, 9.17) is 0 Å². The van der Waals surface area contributed by atoms with Crippen LogP contribution >= 0.6 is 26.3 Å². The second-order valence-electron chi connectivity index (χ2n) is 12.4. The summed E-state index contributed by atoms with van der Waals surface area (Å²) in [5.74, 6) is 3.81. The molecule has 0 nitrogen and oxygen atoms in total. The molecular formula is C36H48IP. The molecule has 2 saturated carbocycles. The molecule has 0 unspecified atom stereocenters. The second kappa shape index (κ2) is 13.0. The van der Waals surface area contributed by atoms with E-state index in [-0.39, 0.29) is 0 Å². The Balaban J connectivity index is 1.34. The molecule has 0 bridgehead atoms. The molecule has 0 heterocycles. The average Bonchev–Trinajstić information content (AvgIpc) is 2.99. The standard InChI is InChI=1S/C36H48IP/c1-2-3-7-14-30-21-25-32(26-22-30)33-27-23-31(24-28-33)29-38(37,34-15-8-4-9-16-34,35-17-10-5-11-18-35)36-19-12-6-13-20-36/h4-6,8-13,15-20,30-33H,2-3,7,14,21-29H2,1H3. The SMILES string of the molecule is CCCCCC1CCC(C2CCC(CP(I)(c3ccccc3)(c3ccccc3)c3ccccc3)CC2)CC1. The zero-order valence-electron chi connectivity index (χ0n) is 23.5. The van der Waals surface area contributed by atoms with Gasteiger partial charge in [0.15, 0.2) is 0 Å². The van der Waals surface area contributed by atoms with Gasteiger partial charge in [0.05, 0.1) is 0 Å². The molecular weight excluding hydrogens is 590 g/mol. The van der Waals surface area contributed by atoms with Crippen LogP contribution in [0.15, 0.2) is 91.0 Å². The van der Waals surface area contributed by atoms with Crippen LogP contribution in [0.25, 0.3) is 0 Å². The van der Waals surface area contributed by atoms with Crippen molar-refractivity contribution in [2.45, 2.75) is 84.0 Å². The van der Waals surface area contributed by atoms with Crippen LogP contribution in [-0.2, 0) is 0 Å². The summed E-state index contributed by atoms with van der Waals surface area (Å²) in [5, 5.41) is 4.63. The maximum absolute atomic E-state index is 3.00. The van der Waals surface area contributed by atoms with E-state index in [1.54, 1.807) is 15.9 Å². The van der Waals surface area contributed by atoms with Gasteiger partial charge in [0.25, 0.3) is 0 Å². The van der Waals surface area contributed by atoms with E-state index in [1.807, 2.05) is 0 Å². The summed E-state index contributed by atoms with van der Waals surface area (Å²) in [7, 11) is 0. The molecule has 5 rings (SSSR count). The van der Waals surface area contributed by atoms with Crippen LogP contribution in [0.5, 0.6) is 0 Å². The van der Waals surface area contributed by atoms with Crippen LogP contribution in [-0.4, -0.2) is 6.16 Å². The van der Waals surface area contributed by atoms with Gasteiger partial charge >= 0.3 is 234 Å². The summed E-state index contributed by atoms with van der Waals surface area (Å²) in [4.78, 5) is 0. The first-order chi connectivity index (χ1) is 18.6. The molecule has 0 atom stereocenters. The summed E-state index contributed by atoms with van der Waals surface area (Å²) in [6.07, 6.45) is 18.8. The Hall–Kier alpha value is -1.18. The first-order valence-corrected chi connectivity index (χ1v) is 20.7. The van der Waals surface area contributed by atoms with Crippen LogP contribution in [0.1, 0.15) is 84.0 Å². The molecule has 2 fully saturated rings. The fourth-order valence-electron chi connectivity index (χ4n) is 7.94.